The largest absolute Gasteiger partial charge is 0.327 e. The van der Waals surface area contributed by atoms with Crippen LogP contribution in [0.25, 0.3) is 0 Å². The van der Waals surface area contributed by atoms with Gasteiger partial charge in [0.05, 0.1) is 0 Å². The van der Waals surface area contributed by atoms with Gasteiger partial charge in [0.2, 0.25) is 0 Å². The van der Waals surface area contributed by atoms with Crippen LogP contribution in [-0.4, -0.2) is 30.1 Å². The highest BCUT2D eigenvalue weighted by atomic mass is 15.2. The van der Waals surface area contributed by atoms with Crippen molar-refractivity contribution in [2.24, 2.45) is 17.6 Å². The van der Waals surface area contributed by atoms with E-state index < -0.39 is 0 Å². The Morgan fingerprint density at radius 2 is 1.57 bits per heavy atom. The molecule has 1 aliphatic rings. The quantitative estimate of drug-likeness (QED) is 0.752. The Bertz CT molecular complexity index is 158. The third kappa shape index (κ3) is 2.96. The summed E-state index contributed by atoms with van der Waals surface area (Å²) in [6.07, 6.45) is 2.71. The van der Waals surface area contributed by atoms with Crippen molar-refractivity contribution in [1.82, 2.24) is 4.90 Å². The molecule has 14 heavy (non-hydrogen) atoms. The van der Waals surface area contributed by atoms with Crippen molar-refractivity contribution in [3.63, 3.8) is 0 Å². The number of likely N-dealkylation sites (tertiary alicyclic amines) is 1. The average molecular weight is 198 g/mol. The highest BCUT2D eigenvalue weighted by Crippen LogP contribution is 2.25. The predicted octanol–water partition coefficient (Wildman–Crippen LogP) is 2.09. The van der Waals surface area contributed by atoms with Gasteiger partial charge < -0.3 is 5.73 Å². The lowest BCUT2D eigenvalue weighted by Gasteiger charge is -2.38. The zero-order valence-electron chi connectivity index (χ0n) is 10.2. The molecule has 84 valence electrons. The normalized spacial score (nSPS) is 25.3. The Kier molecular flexibility index (Phi) is 4.39. The number of rotatable bonds is 3. The third-order valence-corrected chi connectivity index (χ3v) is 3.85. The fraction of sp³-hybridized carbons (Fsp3) is 1.00. The minimum Gasteiger partial charge on any atom is -0.327 e. The van der Waals surface area contributed by atoms with Gasteiger partial charge in [-0.25, -0.2) is 0 Å². The van der Waals surface area contributed by atoms with E-state index in [1.807, 2.05) is 0 Å². The van der Waals surface area contributed by atoms with E-state index in [0.717, 1.165) is 11.8 Å². The number of hydrogen-bond donors (Lipinski definition) is 1. The van der Waals surface area contributed by atoms with Crippen molar-refractivity contribution in [2.45, 2.75) is 52.6 Å². The second kappa shape index (κ2) is 5.13. The molecule has 0 aromatic heterocycles. The van der Waals surface area contributed by atoms with Gasteiger partial charge in [-0.15, -0.1) is 0 Å². The van der Waals surface area contributed by atoms with Crippen LogP contribution in [0.4, 0.5) is 0 Å². The summed E-state index contributed by atoms with van der Waals surface area (Å²) in [5, 5.41) is 0. The van der Waals surface area contributed by atoms with E-state index in [4.69, 9.17) is 5.73 Å². The van der Waals surface area contributed by atoms with Gasteiger partial charge >= 0.3 is 0 Å². The minimum atomic E-state index is 0.297. The van der Waals surface area contributed by atoms with Crippen LogP contribution in [0.1, 0.15) is 40.5 Å². The van der Waals surface area contributed by atoms with E-state index in [1.54, 1.807) is 0 Å². The van der Waals surface area contributed by atoms with Crippen LogP contribution in [-0.2, 0) is 0 Å². The fourth-order valence-electron chi connectivity index (χ4n) is 2.33. The van der Waals surface area contributed by atoms with Crippen LogP contribution in [0.3, 0.4) is 0 Å². The first kappa shape index (κ1) is 12.0. The van der Waals surface area contributed by atoms with Crippen molar-refractivity contribution in [3.8, 4) is 0 Å². The minimum absolute atomic E-state index is 0.297. The van der Waals surface area contributed by atoms with Gasteiger partial charge in [-0.3, -0.25) is 4.90 Å². The van der Waals surface area contributed by atoms with E-state index in [1.165, 1.54) is 25.9 Å². The molecule has 0 radical (unpaired) electrons. The van der Waals surface area contributed by atoms with Crippen LogP contribution in [0.2, 0.25) is 0 Å². The molecule has 2 N–H and O–H groups in total. The van der Waals surface area contributed by atoms with Crippen molar-refractivity contribution in [3.05, 3.63) is 0 Å². The third-order valence-electron chi connectivity index (χ3n) is 3.85. The number of nitrogens with zero attached hydrogens (tertiary/aromatic N) is 1. The highest BCUT2D eigenvalue weighted by molar-refractivity contribution is 4.81. The molecule has 0 aliphatic carbocycles. The van der Waals surface area contributed by atoms with E-state index in [2.05, 4.69) is 32.6 Å². The lowest BCUT2D eigenvalue weighted by atomic mass is 9.86. The molecule has 1 saturated heterocycles. The van der Waals surface area contributed by atoms with Crippen molar-refractivity contribution in [1.29, 1.82) is 0 Å². The Morgan fingerprint density at radius 1 is 1.07 bits per heavy atom. The molecule has 0 aromatic carbocycles. The maximum Gasteiger partial charge on any atom is 0.0216 e. The Balaban J connectivity index is 2.35. The molecule has 1 fully saturated rings. The smallest absolute Gasteiger partial charge is 0.0216 e. The van der Waals surface area contributed by atoms with Crippen LogP contribution >= 0.6 is 0 Å². The lowest BCUT2D eigenvalue weighted by Crippen LogP contribution is -2.48. The summed E-state index contributed by atoms with van der Waals surface area (Å²) in [6.45, 7) is 11.5. The highest BCUT2D eigenvalue weighted by Gasteiger charge is 2.25. The van der Waals surface area contributed by atoms with E-state index in [0.29, 0.717) is 12.1 Å². The van der Waals surface area contributed by atoms with Crippen molar-refractivity contribution < 1.29 is 0 Å². The zero-order chi connectivity index (χ0) is 10.7. The van der Waals surface area contributed by atoms with Crippen LogP contribution in [0.5, 0.6) is 0 Å². The maximum atomic E-state index is 5.92. The van der Waals surface area contributed by atoms with E-state index in [9.17, 15) is 0 Å². The summed E-state index contributed by atoms with van der Waals surface area (Å²) < 4.78 is 0. The Morgan fingerprint density at radius 3 is 1.93 bits per heavy atom. The molecule has 0 amide bonds. The number of piperidine rings is 1. The molecule has 2 nitrogen and oxygen atoms in total. The van der Waals surface area contributed by atoms with Crippen molar-refractivity contribution in [2.75, 3.05) is 13.1 Å². The van der Waals surface area contributed by atoms with Gasteiger partial charge in [0.25, 0.3) is 0 Å². The molecule has 0 aromatic rings. The molecule has 0 spiro atoms. The summed E-state index contributed by atoms with van der Waals surface area (Å²) in [4.78, 5) is 2.55. The molecule has 2 atom stereocenters. The summed E-state index contributed by atoms with van der Waals surface area (Å²) >= 11 is 0. The lowest BCUT2D eigenvalue weighted by molar-refractivity contribution is 0.112. The maximum absolute atomic E-state index is 5.92. The van der Waals surface area contributed by atoms with E-state index >= 15 is 0 Å². The van der Waals surface area contributed by atoms with E-state index in [-0.39, 0.29) is 0 Å². The summed E-state index contributed by atoms with van der Waals surface area (Å²) in [5.41, 5.74) is 5.92. The van der Waals surface area contributed by atoms with Gasteiger partial charge in [0, 0.05) is 12.1 Å². The monoisotopic (exact) mass is 198 g/mol. The standard InChI is InChI=1S/C12H26N2/c1-9(2)12-5-7-14(8-6-12)11(4)10(3)13/h9-12H,5-8,13H2,1-4H3. The molecule has 2 unspecified atom stereocenters. The summed E-state index contributed by atoms with van der Waals surface area (Å²) in [7, 11) is 0. The zero-order valence-corrected chi connectivity index (χ0v) is 10.2. The van der Waals surface area contributed by atoms with Crippen LogP contribution < -0.4 is 5.73 Å². The van der Waals surface area contributed by atoms with Crippen LogP contribution in [0.15, 0.2) is 0 Å². The second-order valence-corrected chi connectivity index (χ2v) is 5.22. The Hall–Kier alpha value is -0.0800. The second-order valence-electron chi connectivity index (χ2n) is 5.22. The van der Waals surface area contributed by atoms with Crippen LogP contribution in [0, 0.1) is 11.8 Å². The molecule has 2 heteroatoms. The van der Waals surface area contributed by atoms with Crippen molar-refractivity contribution >= 4 is 0 Å². The number of hydrogen-bond acceptors (Lipinski definition) is 2. The first-order valence-electron chi connectivity index (χ1n) is 6.02. The molecular weight excluding hydrogens is 172 g/mol. The molecular formula is C12H26N2. The first-order chi connectivity index (χ1) is 6.52. The molecule has 1 aliphatic heterocycles. The fourth-order valence-corrected chi connectivity index (χ4v) is 2.33. The summed E-state index contributed by atoms with van der Waals surface area (Å²) in [6, 6.07) is 0.841. The molecule has 0 bridgehead atoms. The Labute approximate surface area is 88.8 Å². The van der Waals surface area contributed by atoms with Gasteiger partial charge in [0.1, 0.15) is 0 Å². The van der Waals surface area contributed by atoms with Gasteiger partial charge in [0.15, 0.2) is 0 Å². The van der Waals surface area contributed by atoms with Gasteiger partial charge in [-0.05, 0) is 51.6 Å². The topological polar surface area (TPSA) is 29.3 Å². The van der Waals surface area contributed by atoms with Gasteiger partial charge in [-0.2, -0.15) is 0 Å². The van der Waals surface area contributed by atoms with Gasteiger partial charge in [-0.1, -0.05) is 13.8 Å². The number of nitrogens with two attached hydrogens (primary N) is 1. The summed E-state index contributed by atoms with van der Waals surface area (Å²) in [5.74, 6) is 1.79. The molecule has 0 saturated carbocycles. The average Bonchev–Trinajstić information content (AvgIpc) is 2.16. The first-order valence-corrected chi connectivity index (χ1v) is 6.02. The predicted molar refractivity (Wildman–Crippen MR) is 62.2 cm³/mol. The molecule has 1 rings (SSSR count). The SMILES string of the molecule is CC(C)C1CCN(C(C)C(C)N)CC1. The molecule has 1 heterocycles.